The summed E-state index contributed by atoms with van der Waals surface area (Å²) in [6, 6.07) is -0.413. The molecule has 18 heavy (non-hydrogen) atoms. The van der Waals surface area contributed by atoms with Crippen molar-refractivity contribution in [1.29, 1.82) is 5.41 Å². The van der Waals surface area contributed by atoms with Crippen LogP contribution in [-0.4, -0.2) is 67.2 Å². The van der Waals surface area contributed by atoms with Gasteiger partial charge in [0.05, 0.1) is 29.1 Å². The average Bonchev–Trinajstić information content (AvgIpc) is 2.75. The fraction of sp³-hybridized carbons (Fsp3) is 0.889. The van der Waals surface area contributed by atoms with Gasteiger partial charge in [0.25, 0.3) is 0 Å². The molecule has 0 amide bonds. The number of hydrogen-bond donors (Lipinski definition) is 1. The Kier molecular flexibility index (Phi) is 2.73. The van der Waals surface area contributed by atoms with Crippen LogP contribution in [-0.2, 0) is 19.7 Å². The Balaban J connectivity index is 1.86. The lowest BCUT2D eigenvalue weighted by Crippen LogP contribution is -2.45. The molecule has 6 nitrogen and oxygen atoms in total. The molecule has 0 radical (unpaired) electrons. The third kappa shape index (κ3) is 2.05. The van der Waals surface area contributed by atoms with E-state index in [-0.39, 0.29) is 40.3 Å². The summed E-state index contributed by atoms with van der Waals surface area (Å²) in [6.45, 7) is 0. The summed E-state index contributed by atoms with van der Waals surface area (Å²) >= 11 is 1.27. The normalized spacial score (nSPS) is 41.2. The number of nitrogens with one attached hydrogen (secondary N) is 1. The second-order valence-electron chi connectivity index (χ2n) is 5.07. The molecule has 3 heterocycles. The SMILES string of the molecule is N=C1SC2CS(=O)(=O)CC2N1C1CCS(=O)(=O)C1. The number of rotatable bonds is 1. The number of sulfone groups is 2. The Morgan fingerprint density at radius 3 is 2.44 bits per heavy atom. The number of hydrogen-bond acceptors (Lipinski definition) is 6. The molecule has 3 atom stereocenters. The summed E-state index contributed by atoms with van der Waals surface area (Å²) in [6.07, 6.45) is 0.508. The molecule has 3 aliphatic rings. The predicted octanol–water partition coefficient (Wildman–Crippen LogP) is -0.677. The molecule has 3 unspecified atom stereocenters. The van der Waals surface area contributed by atoms with E-state index in [0.717, 1.165) is 0 Å². The van der Waals surface area contributed by atoms with Crippen molar-refractivity contribution < 1.29 is 16.8 Å². The van der Waals surface area contributed by atoms with Crippen molar-refractivity contribution in [3.05, 3.63) is 0 Å². The van der Waals surface area contributed by atoms with Gasteiger partial charge in [-0.3, -0.25) is 5.41 Å². The van der Waals surface area contributed by atoms with Gasteiger partial charge in [-0.25, -0.2) is 16.8 Å². The van der Waals surface area contributed by atoms with E-state index in [1.54, 1.807) is 4.90 Å². The molecule has 0 aromatic rings. The molecule has 1 N–H and O–H groups in total. The molecular formula is C9H14N2O4S3. The highest BCUT2D eigenvalue weighted by molar-refractivity contribution is 8.15. The van der Waals surface area contributed by atoms with E-state index in [1.807, 2.05) is 0 Å². The molecule has 0 bridgehead atoms. The van der Waals surface area contributed by atoms with Gasteiger partial charge in [-0.1, -0.05) is 11.8 Å². The fourth-order valence-corrected chi connectivity index (χ4v) is 8.53. The lowest BCUT2D eigenvalue weighted by molar-refractivity contribution is 0.286. The van der Waals surface area contributed by atoms with Crippen LogP contribution in [0.4, 0.5) is 0 Å². The molecule has 3 rings (SSSR count). The minimum Gasteiger partial charge on any atom is -0.342 e. The van der Waals surface area contributed by atoms with Gasteiger partial charge in [0, 0.05) is 11.3 Å². The van der Waals surface area contributed by atoms with Crippen molar-refractivity contribution in [3.63, 3.8) is 0 Å². The van der Waals surface area contributed by atoms with E-state index >= 15 is 0 Å². The number of nitrogens with zero attached hydrogens (tertiary/aromatic N) is 1. The third-order valence-corrected chi connectivity index (χ3v) is 8.62. The van der Waals surface area contributed by atoms with Gasteiger partial charge in [0.1, 0.15) is 0 Å². The first kappa shape index (κ1) is 12.7. The summed E-state index contributed by atoms with van der Waals surface area (Å²) in [5.74, 6) is 0.375. The van der Waals surface area contributed by atoms with E-state index in [2.05, 4.69) is 0 Å². The molecule has 3 fully saturated rings. The van der Waals surface area contributed by atoms with Crippen LogP contribution in [0.3, 0.4) is 0 Å². The molecular weight excluding hydrogens is 296 g/mol. The van der Waals surface area contributed by atoms with Crippen molar-refractivity contribution in [2.75, 3.05) is 23.0 Å². The lowest BCUT2D eigenvalue weighted by Gasteiger charge is -2.29. The summed E-state index contributed by atoms with van der Waals surface area (Å²) < 4.78 is 46.2. The molecule has 0 aromatic heterocycles. The number of thioether (sulfide) groups is 1. The van der Waals surface area contributed by atoms with Crippen LogP contribution in [0.15, 0.2) is 0 Å². The first-order valence-electron chi connectivity index (χ1n) is 5.72. The Hall–Kier alpha value is -0.280. The maximum Gasteiger partial charge on any atom is 0.157 e. The Bertz CT molecular complexity index is 597. The summed E-state index contributed by atoms with van der Waals surface area (Å²) in [5, 5.41) is 8.17. The standard InChI is InChI=1S/C9H14N2O4S3/c10-9-11(6-1-2-17(12,13)3-6)7-4-18(14,15)5-8(7)16-9/h6-8,10H,1-5H2. The molecule has 9 heteroatoms. The average molecular weight is 310 g/mol. The monoisotopic (exact) mass is 310 g/mol. The Labute approximate surface area is 110 Å². The summed E-state index contributed by atoms with van der Waals surface area (Å²) in [4.78, 5) is 1.74. The fourth-order valence-electron chi connectivity index (χ4n) is 2.96. The van der Waals surface area contributed by atoms with Gasteiger partial charge in [-0.15, -0.1) is 0 Å². The second kappa shape index (κ2) is 3.86. The van der Waals surface area contributed by atoms with Gasteiger partial charge in [0.2, 0.25) is 0 Å². The Morgan fingerprint density at radius 2 is 1.83 bits per heavy atom. The van der Waals surface area contributed by atoms with Crippen LogP contribution in [0.5, 0.6) is 0 Å². The lowest BCUT2D eigenvalue weighted by atomic mass is 10.1. The second-order valence-corrected chi connectivity index (χ2v) is 10.7. The molecule has 0 spiro atoms. The van der Waals surface area contributed by atoms with Crippen LogP contribution < -0.4 is 0 Å². The molecule has 0 aromatic carbocycles. The van der Waals surface area contributed by atoms with E-state index < -0.39 is 19.7 Å². The van der Waals surface area contributed by atoms with Crippen LogP contribution in [0.1, 0.15) is 6.42 Å². The van der Waals surface area contributed by atoms with E-state index in [0.29, 0.717) is 11.6 Å². The zero-order chi connectivity index (χ0) is 13.1. The molecule has 102 valence electrons. The smallest absolute Gasteiger partial charge is 0.157 e. The summed E-state index contributed by atoms with van der Waals surface area (Å²) in [7, 11) is -6.04. The third-order valence-electron chi connectivity index (χ3n) is 3.73. The minimum atomic E-state index is -3.03. The van der Waals surface area contributed by atoms with Gasteiger partial charge in [0.15, 0.2) is 24.8 Å². The zero-order valence-corrected chi connectivity index (χ0v) is 12.0. The maximum absolute atomic E-state index is 11.6. The quantitative estimate of drug-likeness (QED) is 0.689. The van der Waals surface area contributed by atoms with Crippen LogP contribution in [0.2, 0.25) is 0 Å². The zero-order valence-electron chi connectivity index (χ0n) is 9.57. The minimum absolute atomic E-state index is 0.0548. The first-order chi connectivity index (χ1) is 8.27. The van der Waals surface area contributed by atoms with Gasteiger partial charge in [-0.05, 0) is 6.42 Å². The van der Waals surface area contributed by atoms with Gasteiger partial charge in [-0.2, -0.15) is 0 Å². The van der Waals surface area contributed by atoms with Crippen molar-refractivity contribution in [3.8, 4) is 0 Å². The highest BCUT2D eigenvalue weighted by Crippen LogP contribution is 2.40. The van der Waals surface area contributed by atoms with Crippen molar-refractivity contribution in [2.45, 2.75) is 23.8 Å². The van der Waals surface area contributed by atoms with Gasteiger partial charge >= 0.3 is 0 Å². The topological polar surface area (TPSA) is 95.4 Å². The number of amidine groups is 1. The molecule has 0 aliphatic carbocycles. The van der Waals surface area contributed by atoms with E-state index in [4.69, 9.17) is 5.41 Å². The molecule has 3 saturated heterocycles. The van der Waals surface area contributed by atoms with Crippen LogP contribution in [0, 0.1) is 5.41 Å². The van der Waals surface area contributed by atoms with Crippen molar-refractivity contribution in [2.24, 2.45) is 0 Å². The molecule has 0 saturated carbocycles. The Morgan fingerprint density at radius 1 is 1.11 bits per heavy atom. The highest BCUT2D eigenvalue weighted by atomic mass is 32.2. The van der Waals surface area contributed by atoms with Crippen molar-refractivity contribution in [1.82, 2.24) is 4.90 Å². The highest BCUT2D eigenvalue weighted by Gasteiger charge is 2.51. The van der Waals surface area contributed by atoms with Gasteiger partial charge < -0.3 is 4.90 Å². The molecule has 3 aliphatic heterocycles. The van der Waals surface area contributed by atoms with Crippen LogP contribution in [0.25, 0.3) is 0 Å². The van der Waals surface area contributed by atoms with E-state index in [9.17, 15) is 16.8 Å². The van der Waals surface area contributed by atoms with Crippen LogP contribution >= 0.6 is 11.8 Å². The number of fused-ring (bicyclic) bond motifs is 1. The predicted molar refractivity (Wildman–Crippen MR) is 70.4 cm³/mol. The largest absolute Gasteiger partial charge is 0.342 e. The maximum atomic E-state index is 11.6. The van der Waals surface area contributed by atoms with E-state index in [1.165, 1.54) is 11.8 Å². The summed E-state index contributed by atoms with van der Waals surface area (Å²) in [5.41, 5.74) is 0. The first-order valence-corrected chi connectivity index (χ1v) is 10.2. The van der Waals surface area contributed by atoms with Crippen molar-refractivity contribution >= 4 is 36.6 Å².